The SMILES string of the molecule is CCCCC/C=C\C/C=C\CCCCCCCCCCCC(=O)O[C@@H](COC(=O)CCCCCCCCCCCCC)COC(=O)CCCCCCCCCCCCCCC. The number of hydrogen-bond acceptors (Lipinski definition) is 6. The maximum absolute atomic E-state index is 12.8. The van der Waals surface area contributed by atoms with E-state index in [9.17, 15) is 14.4 Å². The maximum Gasteiger partial charge on any atom is 0.306 e. The number of ether oxygens (including phenoxy) is 3. The molecule has 0 amide bonds. The zero-order chi connectivity index (χ0) is 44.4. The van der Waals surface area contributed by atoms with Crippen molar-refractivity contribution in [1.29, 1.82) is 0 Å². The fourth-order valence-electron chi connectivity index (χ4n) is 7.89. The summed E-state index contributed by atoms with van der Waals surface area (Å²) in [6.07, 6.45) is 57.3. The van der Waals surface area contributed by atoms with Crippen LogP contribution in [0.3, 0.4) is 0 Å². The van der Waals surface area contributed by atoms with Crippen molar-refractivity contribution < 1.29 is 28.6 Å². The highest BCUT2D eigenvalue weighted by molar-refractivity contribution is 5.71. The van der Waals surface area contributed by atoms with E-state index in [0.717, 1.165) is 64.2 Å². The molecule has 0 spiro atoms. The fraction of sp³-hybridized carbons (Fsp3) is 0.873. The van der Waals surface area contributed by atoms with Crippen LogP contribution >= 0.6 is 0 Å². The van der Waals surface area contributed by atoms with Gasteiger partial charge in [-0.25, -0.2) is 0 Å². The van der Waals surface area contributed by atoms with Crippen molar-refractivity contribution in [3.63, 3.8) is 0 Å². The molecule has 0 radical (unpaired) electrons. The van der Waals surface area contributed by atoms with E-state index in [1.54, 1.807) is 0 Å². The topological polar surface area (TPSA) is 78.9 Å². The van der Waals surface area contributed by atoms with Crippen molar-refractivity contribution >= 4 is 17.9 Å². The van der Waals surface area contributed by atoms with Crippen LogP contribution < -0.4 is 0 Å². The van der Waals surface area contributed by atoms with Crippen LogP contribution in [0.1, 0.15) is 290 Å². The van der Waals surface area contributed by atoms with E-state index in [2.05, 4.69) is 45.1 Å². The molecule has 0 aromatic rings. The van der Waals surface area contributed by atoms with Crippen LogP contribution in [0.15, 0.2) is 24.3 Å². The Hall–Kier alpha value is -2.11. The molecule has 0 saturated heterocycles. The monoisotopic (exact) mass is 859 g/mol. The van der Waals surface area contributed by atoms with Gasteiger partial charge in [-0.15, -0.1) is 0 Å². The minimum atomic E-state index is -0.767. The molecule has 0 fully saturated rings. The summed E-state index contributed by atoms with van der Waals surface area (Å²) < 4.78 is 16.8. The predicted octanol–water partition coefficient (Wildman–Crippen LogP) is 17.5. The van der Waals surface area contributed by atoms with Crippen molar-refractivity contribution in [3.05, 3.63) is 24.3 Å². The van der Waals surface area contributed by atoms with Gasteiger partial charge in [-0.1, -0.05) is 244 Å². The lowest BCUT2D eigenvalue weighted by Gasteiger charge is -2.18. The highest BCUT2D eigenvalue weighted by Crippen LogP contribution is 2.16. The van der Waals surface area contributed by atoms with Gasteiger partial charge in [0.2, 0.25) is 0 Å². The third-order valence-electron chi connectivity index (χ3n) is 12.0. The molecule has 1 atom stereocenters. The number of carbonyl (C=O) groups is 3. The fourth-order valence-corrected chi connectivity index (χ4v) is 7.89. The summed E-state index contributed by atoms with van der Waals surface area (Å²) >= 11 is 0. The van der Waals surface area contributed by atoms with E-state index in [4.69, 9.17) is 14.2 Å². The van der Waals surface area contributed by atoms with E-state index in [1.165, 1.54) is 186 Å². The molecule has 0 N–H and O–H groups in total. The summed E-state index contributed by atoms with van der Waals surface area (Å²) in [7, 11) is 0. The molecule has 0 bridgehead atoms. The molecule has 0 heterocycles. The lowest BCUT2D eigenvalue weighted by atomic mass is 10.0. The Balaban J connectivity index is 4.30. The lowest BCUT2D eigenvalue weighted by molar-refractivity contribution is -0.167. The van der Waals surface area contributed by atoms with Gasteiger partial charge in [-0.2, -0.15) is 0 Å². The largest absolute Gasteiger partial charge is 0.462 e. The number of esters is 3. The first kappa shape index (κ1) is 58.9. The van der Waals surface area contributed by atoms with Crippen LogP contribution in [0.4, 0.5) is 0 Å². The highest BCUT2D eigenvalue weighted by Gasteiger charge is 2.19. The Bertz CT molecular complexity index is 989. The molecule has 6 nitrogen and oxygen atoms in total. The second-order valence-corrected chi connectivity index (χ2v) is 18.2. The molecule has 6 heteroatoms. The Kier molecular flexibility index (Phi) is 48.8. The molecule has 0 aliphatic rings. The van der Waals surface area contributed by atoms with Gasteiger partial charge in [-0.3, -0.25) is 14.4 Å². The van der Waals surface area contributed by atoms with Gasteiger partial charge in [0.25, 0.3) is 0 Å². The van der Waals surface area contributed by atoms with Gasteiger partial charge in [0, 0.05) is 19.3 Å². The average molecular weight is 859 g/mol. The molecular weight excluding hydrogens is 757 g/mol. The van der Waals surface area contributed by atoms with E-state index in [-0.39, 0.29) is 31.1 Å². The highest BCUT2D eigenvalue weighted by atomic mass is 16.6. The summed E-state index contributed by atoms with van der Waals surface area (Å²) in [4.78, 5) is 38.0. The summed E-state index contributed by atoms with van der Waals surface area (Å²) in [6, 6.07) is 0. The molecule has 358 valence electrons. The molecular formula is C55H102O6. The molecule has 0 aromatic heterocycles. The minimum Gasteiger partial charge on any atom is -0.462 e. The number of rotatable bonds is 49. The van der Waals surface area contributed by atoms with Crippen molar-refractivity contribution in [2.24, 2.45) is 0 Å². The van der Waals surface area contributed by atoms with Crippen molar-refractivity contribution in [2.45, 2.75) is 297 Å². The third kappa shape index (κ3) is 48.8. The number of carbonyl (C=O) groups excluding carboxylic acids is 3. The number of allylic oxidation sites excluding steroid dienone is 4. The molecule has 0 aromatic carbocycles. The second kappa shape index (κ2) is 50.5. The van der Waals surface area contributed by atoms with Gasteiger partial charge in [0.1, 0.15) is 13.2 Å². The van der Waals surface area contributed by atoms with Gasteiger partial charge in [0.05, 0.1) is 0 Å². The molecule has 0 rings (SSSR count). The molecule has 0 aliphatic carbocycles. The van der Waals surface area contributed by atoms with Crippen LogP contribution in [-0.4, -0.2) is 37.2 Å². The van der Waals surface area contributed by atoms with Gasteiger partial charge in [-0.05, 0) is 51.4 Å². The minimum absolute atomic E-state index is 0.0679. The Labute approximate surface area is 379 Å². The van der Waals surface area contributed by atoms with Crippen LogP contribution in [-0.2, 0) is 28.6 Å². The van der Waals surface area contributed by atoms with Crippen LogP contribution in [0.25, 0.3) is 0 Å². The van der Waals surface area contributed by atoms with Crippen molar-refractivity contribution in [3.8, 4) is 0 Å². The van der Waals surface area contributed by atoms with E-state index in [1.807, 2.05) is 0 Å². The zero-order valence-corrected chi connectivity index (χ0v) is 40.9. The van der Waals surface area contributed by atoms with Gasteiger partial charge in [0.15, 0.2) is 6.10 Å². The molecule has 0 saturated carbocycles. The summed E-state index contributed by atoms with van der Waals surface area (Å²) in [6.45, 7) is 6.63. The Morgan fingerprint density at radius 2 is 0.590 bits per heavy atom. The predicted molar refractivity (Wildman–Crippen MR) is 261 cm³/mol. The molecule has 0 unspecified atom stereocenters. The smallest absolute Gasteiger partial charge is 0.306 e. The number of hydrogen-bond donors (Lipinski definition) is 0. The first-order valence-corrected chi connectivity index (χ1v) is 26.8. The standard InChI is InChI=1S/C55H102O6/c1-4-7-10-13-16-19-22-24-25-26-27-28-29-31-34-37-40-43-46-49-55(58)61-52(50-59-53(56)47-44-41-38-35-32-21-18-15-12-9-6-3)51-60-54(57)48-45-42-39-36-33-30-23-20-17-14-11-8-5-2/h16,19,24-25,52H,4-15,17-18,20-23,26-51H2,1-3H3/b19-16-,25-24-/t52-/m0/s1. The maximum atomic E-state index is 12.8. The lowest BCUT2D eigenvalue weighted by Crippen LogP contribution is -2.30. The summed E-state index contributed by atoms with van der Waals surface area (Å²) in [5.41, 5.74) is 0. The first-order valence-electron chi connectivity index (χ1n) is 26.8. The normalized spacial score (nSPS) is 12.1. The quantitative estimate of drug-likeness (QED) is 0.0262. The van der Waals surface area contributed by atoms with Crippen molar-refractivity contribution in [1.82, 2.24) is 0 Å². The first-order chi connectivity index (χ1) is 30.0. The van der Waals surface area contributed by atoms with E-state index in [0.29, 0.717) is 19.3 Å². The summed E-state index contributed by atoms with van der Waals surface area (Å²) in [5, 5.41) is 0. The summed E-state index contributed by atoms with van der Waals surface area (Å²) in [5.74, 6) is -0.857. The van der Waals surface area contributed by atoms with Crippen LogP contribution in [0.5, 0.6) is 0 Å². The number of unbranched alkanes of at least 4 members (excludes halogenated alkanes) is 34. The van der Waals surface area contributed by atoms with Crippen molar-refractivity contribution in [2.75, 3.05) is 13.2 Å². The average Bonchev–Trinajstić information content (AvgIpc) is 3.26. The van der Waals surface area contributed by atoms with E-state index >= 15 is 0 Å². The van der Waals surface area contributed by atoms with Crippen LogP contribution in [0, 0.1) is 0 Å². The van der Waals surface area contributed by atoms with E-state index < -0.39 is 6.10 Å². The van der Waals surface area contributed by atoms with Gasteiger partial charge < -0.3 is 14.2 Å². The zero-order valence-electron chi connectivity index (χ0n) is 40.9. The Morgan fingerprint density at radius 3 is 0.934 bits per heavy atom. The van der Waals surface area contributed by atoms with Gasteiger partial charge >= 0.3 is 17.9 Å². The molecule has 0 aliphatic heterocycles. The Morgan fingerprint density at radius 1 is 0.328 bits per heavy atom. The third-order valence-corrected chi connectivity index (χ3v) is 12.0. The van der Waals surface area contributed by atoms with Crippen LogP contribution in [0.2, 0.25) is 0 Å². The second-order valence-electron chi connectivity index (χ2n) is 18.2. The molecule has 61 heavy (non-hydrogen) atoms.